The van der Waals surface area contributed by atoms with Gasteiger partial charge in [-0.3, -0.25) is 4.79 Å². The fourth-order valence-electron chi connectivity index (χ4n) is 2.38. The molecule has 0 spiro atoms. The van der Waals surface area contributed by atoms with Gasteiger partial charge in [0.05, 0.1) is 5.52 Å². The van der Waals surface area contributed by atoms with Crippen LogP contribution in [0.4, 0.5) is 0 Å². The zero-order valence-corrected chi connectivity index (χ0v) is 12.3. The van der Waals surface area contributed by atoms with Crippen molar-refractivity contribution in [1.82, 2.24) is 15.0 Å². The third-order valence-corrected chi connectivity index (χ3v) is 3.71. The third kappa shape index (κ3) is 2.54. The van der Waals surface area contributed by atoms with Crippen molar-refractivity contribution in [3.05, 3.63) is 59.1 Å². The molecule has 5 heteroatoms. The van der Waals surface area contributed by atoms with E-state index in [1.807, 2.05) is 43.3 Å². The molecule has 0 saturated heterocycles. The number of fused-ring (bicyclic) bond motifs is 1. The minimum absolute atomic E-state index is 0.0907. The maximum Gasteiger partial charge on any atom is 0.161 e. The molecule has 21 heavy (non-hydrogen) atoms. The first-order valence-electron chi connectivity index (χ1n) is 6.79. The van der Waals surface area contributed by atoms with Gasteiger partial charge in [0.15, 0.2) is 5.78 Å². The van der Waals surface area contributed by atoms with Gasteiger partial charge in [-0.15, -0.1) is 5.10 Å². The number of nitrogens with zero attached hydrogens (tertiary/aromatic N) is 3. The number of carbonyl (C=O) groups is 1. The number of halogens is 1. The number of hydrogen-bond acceptors (Lipinski definition) is 3. The third-order valence-electron chi connectivity index (χ3n) is 3.46. The summed E-state index contributed by atoms with van der Waals surface area (Å²) in [6.07, 6.45) is 0.432. The fraction of sp³-hybridized carbons (Fsp3) is 0.188. The smallest absolute Gasteiger partial charge is 0.161 e. The van der Waals surface area contributed by atoms with Crippen molar-refractivity contribution < 1.29 is 4.79 Å². The summed E-state index contributed by atoms with van der Waals surface area (Å²) in [5.41, 5.74) is 2.49. The number of hydrogen-bond donors (Lipinski definition) is 0. The van der Waals surface area contributed by atoms with Crippen molar-refractivity contribution in [3.8, 4) is 0 Å². The molecular formula is C16H14ClN3O. The molecule has 0 radical (unpaired) electrons. The topological polar surface area (TPSA) is 47.8 Å². The van der Waals surface area contributed by atoms with E-state index < -0.39 is 6.04 Å². The SMILES string of the molecule is CCC(=O)C(c1ccc(Cl)cc1)n1nnc2ccccc21. The molecule has 3 aromatic rings. The molecule has 1 atom stereocenters. The number of ketones is 1. The molecule has 1 heterocycles. The van der Waals surface area contributed by atoms with Crippen molar-refractivity contribution in [1.29, 1.82) is 0 Å². The zero-order valence-electron chi connectivity index (χ0n) is 11.5. The Hall–Kier alpha value is -2.20. The van der Waals surface area contributed by atoms with Gasteiger partial charge in [0.1, 0.15) is 11.6 Å². The first-order valence-corrected chi connectivity index (χ1v) is 7.16. The van der Waals surface area contributed by atoms with Gasteiger partial charge in [0.2, 0.25) is 0 Å². The van der Waals surface area contributed by atoms with Crippen molar-refractivity contribution in [2.75, 3.05) is 0 Å². The van der Waals surface area contributed by atoms with Gasteiger partial charge in [-0.2, -0.15) is 0 Å². The zero-order chi connectivity index (χ0) is 14.8. The second kappa shape index (κ2) is 5.66. The summed E-state index contributed by atoms with van der Waals surface area (Å²) in [5, 5.41) is 8.95. The number of para-hydroxylation sites is 1. The summed E-state index contributed by atoms with van der Waals surface area (Å²) in [4.78, 5) is 12.4. The Bertz CT molecular complexity index is 780. The highest BCUT2D eigenvalue weighted by Crippen LogP contribution is 2.25. The molecule has 0 aliphatic heterocycles. The van der Waals surface area contributed by atoms with E-state index in [-0.39, 0.29) is 5.78 Å². The van der Waals surface area contributed by atoms with Crippen molar-refractivity contribution in [3.63, 3.8) is 0 Å². The number of benzene rings is 2. The second-order valence-corrected chi connectivity index (χ2v) is 5.23. The number of aromatic nitrogens is 3. The quantitative estimate of drug-likeness (QED) is 0.739. The average molecular weight is 300 g/mol. The molecule has 0 saturated carbocycles. The van der Waals surface area contributed by atoms with Crippen LogP contribution in [0.25, 0.3) is 11.0 Å². The lowest BCUT2D eigenvalue weighted by Crippen LogP contribution is -2.21. The van der Waals surface area contributed by atoms with Gasteiger partial charge in [0.25, 0.3) is 0 Å². The predicted molar refractivity (Wildman–Crippen MR) is 82.4 cm³/mol. The van der Waals surface area contributed by atoms with Crippen molar-refractivity contribution in [2.24, 2.45) is 0 Å². The Morgan fingerprint density at radius 3 is 2.62 bits per heavy atom. The van der Waals surface area contributed by atoms with E-state index in [9.17, 15) is 4.79 Å². The molecule has 2 aromatic carbocycles. The molecule has 3 rings (SSSR count). The van der Waals surface area contributed by atoms with Crippen LogP contribution in [-0.4, -0.2) is 20.8 Å². The average Bonchev–Trinajstić information content (AvgIpc) is 2.93. The van der Waals surface area contributed by atoms with Gasteiger partial charge in [-0.05, 0) is 29.8 Å². The Labute approximate surface area is 127 Å². The number of rotatable bonds is 4. The van der Waals surface area contributed by atoms with E-state index >= 15 is 0 Å². The van der Waals surface area contributed by atoms with Crippen LogP contribution in [0, 0.1) is 0 Å². The van der Waals surface area contributed by atoms with Crippen LogP contribution in [0.3, 0.4) is 0 Å². The summed E-state index contributed by atoms with van der Waals surface area (Å²) in [7, 11) is 0. The molecule has 106 valence electrons. The van der Waals surface area contributed by atoms with Gasteiger partial charge in [0, 0.05) is 11.4 Å². The molecule has 0 bridgehead atoms. The highest BCUT2D eigenvalue weighted by atomic mass is 35.5. The van der Waals surface area contributed by atoms with Crippen molar-refractivity contribution >= 4 is 28.4 Å². The van der Waals surface area contributed by atoms with E-state index in [0.717, 1.165) is 16.6 Å². The van der Waals surface area contributed by atoms with Crippen LogP contribution >= 0.6 is 11.6 Å². The van der Waals surface area contributed by atoms with Crippen LogP contribution in [0.15, 0.2) is 48.5 Å². The normalized spacial score (nSPS) is 12.5. The minimum Gasteiger partial charge on any atom is -0.297 e. The van der Waals surface area contributed by atoms with E-state index in [1.54, 1.807) is 16.8 Å². The molecule has 0 N–H and O–H groups in total. The molecule has 0 aliphatic rings. The Balaban J connectivity index is 2.16. The lowest BCUT2D eigenvalue weighted by atomic mass is 10.0. The molecular weight excluding hydrogens is 286 g/mol. The fourth-order valence-corrected chi connectivity index (χ4v) is 2.51. The molecule has 0 aliphatic carbocycles. The minimum atomic E-state index is -0.473. The monoisotopic (exact) mass is 299 g/mol. The Morgan fingerprint density at radius 2 is 1.90 bits per heavy atom. The molecule has 4 nitrogen and oxygen atoms in total. The first-order chi connectivity index (χ1) is 10.2. The lowest BCUT2D eigenvalue weighted by molar-refractivity contribution is -0.121. The Morgan fingerprint density at radius 1 is 1.19 bits per heavy atom. The van der Waals surface area contributed by atoms with Gasteiger partial charge in [-0.1, -0.05) is 48.0 Å². The number of carbonyl (C=O) groups excluding carboxylic acids is 1. The van der Waals surface area contributed by atoms with E-state index in [0.29, 0.717) is 11.4 Å². The van der Waals surface area contributed by atoms with E-state index in [2.05, 4.69) is 10.3 Å². The van der Waals surface area contributed by atoms with Crippen LogP contribution in [0.5, 0.6) is 0 Å². The van der Waals surface area contributed by atoms with Crippen LogP contribution in [0.2, 0.25) is 5.02 Å². The van der Waals surface area contributed by atoms with Gasteiger partial charge < -0.3 is 0 Å². The second-order valence-electron chi connectivity index (χ2n) is 4.80. The standard InChI is InChI=1S/C16H14ClN3O/c1-2-15(21)16(11-7-9-12(17)10-8-11)20-14-6-4-3-5-13(14)18-19-20/h3-10,16H,2H2,1H3. The summed E-state index contributed by atoms with van der Waals surface area (Å²) in [6.45, 7) is 1.85. The summed E-state index contributed by atoms with van der Waals surface area (Å²) < 4.78 is 1.68. The summed E-state index contributed by atoms with van der Waals surface area (Å²) in [6, 6.07) is 14.4. The summed E-state index contributed by atoms with van der Waals surface area (Å²) >= 11 is 5.93. The largest absolute Gasteiger partial charge is 0.297 e. The molecule has 0 fully saturated rings. The lowest BCUT2D eigenvalue weighted by Gasteiger charge is -2.16. The van der Waals surface area contributed by atoms with Gasteiger partial charge in [-0.25, -0.2) is 4.68 Å². The molecule has 1 aromatic heterocycles. The first kappa shape index (κ1) is 13.8. The predicted octanol–water partition coefficient (Wildman–Crippen LogP) is 3.65. The highest BCUT2D eigenvalue weighted by Gasteiger charge is 2.24. The molecule has 1 unspecified atom stereocenters. The Kier molecular flexibility index (Phi) is 3.71. The summed E-state index contributed by atoms with van der Waals surface area (Å²) in [5.74, 6) is 0.0907. The van der Waals surface area contributed by atoms with E-state index in [1.165, 1.54) is 0 Å². The van der Waals surface area contributed by atoms with Gasteiger partial charge >= 0.3 is 0 Å². The number of Topliss-reactive ketones (excluding diaryl/α,β-unsaturated/α-hetero) is 1. The maximum atomic E-state index is 12.4. The van der Waals surface area contributed by atoms with E-state index in [4.69, 9.17) is 11.6 Å². The molecule has 0 amide bonds. The van der Waals surface area contributed by atoms with Crippen LogP contribution < -0.4 is 0 Å². The highest BCUT2D eigenvalue weighted by molar-refractivity contribution is 6.30. The van der Waals surface area contributed by atoms with Crippen molar-refractivity contribution in [2.45, 2.75) is 19.4 Å². The van der Waals surface area contributed by atoms with Crippen LogP contribution in [0.1, 0.15) is 24.9 Å². The maximum absolute atomic E-state index is 12.4. The van der Waals surface area contributed by atoms with Crippen LogP contribution in [-0.2, 0) is 4.79 Å².